The van der Waals surface area contributed by atoms with E-state index < -0.39 is 5.82 Å². The van der Waals surface area contributed by atoms with Gasteiger partial charge in [-0.2, -0.15) is 0 Å². The Bertz CT molecular complexity index is 485. The van der Waals surface area contributed by atoms with Crippen molar-refractivity contribution in [2.45, 2.75) is 19.3 Å². The highest BCUT2D eigenvalue weighted by molar-refractivity contribution is 5.78. The van der Waals surface area contributed by atoms with Crippen molar-refractivity contribution in [2.24, 2.45) is 5.92 Å². The third-order valence-corrected chi connectivity index (χ3v) is 4.03. The van der Waals surface area contributed by atoms with Crippen LogP contribution in [-0.2, 0) is 11.2 Å². The van der Waals surface area contributed by atoms with E-state index in [4.69, 9.17) is 4.74 Å². The molecule has 0 unspecified atom stereocenters. The summed E-state index contributed by atoms with van der Waals surface area (Å²) in [7, 11) is 3.38. The zero-order valence-corrected chi connectivity index (χ0v) is 12.7. The lowest BCUT2D eigenvalue weighted by atomic mass is 9.96. The van der Waals surface area contributed by atoms with E-state index in [1.54, 1.807) is 12.1 Å². The van der Waals surface area contributed by atoms with Crippen molar-refractivity contribution in [1.29, 1.82) is 0 Å². The maximum atomic E-state index is 13.6. The minimum absolute atomic E-state index is 0.0717. The molecule has 1 N–H and O–H groups in total. The molecule has 0 saturated carbocycles. The molecule has 0 aliphatic carbocycles. The van der Waals surface area contributed by atoms with Crippen LogP contribution in [0.1, 0.15) is 18.4 Å². The van der Waals surface area contributed by atoms with E-state index >= 15 is 0 Å². The molecule has 0 radical (unpaired) electrons. The summed E-state index contributed by atoms with van der Waals surface area (Å²) in [5, 5.41) is 3.18. The lowest BCUT2D eigenvalue weighted by Gasteiger charge is -2.32. The number of halogens is 1. The molecular weight excluding hydrogens is 271 g/mol. The van der Waals surface area contributed by atoms with Gasteiger partial charge in [0.1, 0.15) is 0 Å². The lowest BCUT2D eigenvalue weighted by Crippen LogP contribution is -2.41. The molecule has 0 aromatic heterocycles. The van der Waals surface area contributed by atoms with Gasteiger partial charge in [0, 0.05) is 13.1 Å². The number of benzene rings is 1. The zero-order chi connectivity index (χ0) is 15.2. The van der Waals surface area contributed by atoms with Crippen LogP contribution in [0.2, 0.25) is 0 Å². The zero-order valence-electron chi connectivity index (χ0n) is 12.7. The monoisotopic (exact) mass is 294 g/mol. The number of methoxy groups -OCH3 is 1. The number of ether oxygens (including phenoxy) is 1. The van der Waals surface area contributed by atoms with Crippen LogP contribution in [0.25, 0.3) is 0 Å². The van der Waals surface area contributed by atoms with Crippen molar-refractivity contribution in [3.63, 3.8) is 0 Å². The van der Waals surface area contributed by atoms with Crippen LogP contribution in [0, 0.1) is 11.7 Å². The summed E-state index contributed by atoms with van der Waals surface area (Å²) in [5.41, 5.74) is 0.690. The predicted octanol–water partition coefficient (Wildman–Crippen LogP) is 1.83. The number of carbonyl (C=O) groups is 1. The Kier molecular flexibility index (Phi) is 5.56. The van der Waals surface area contributed by atoms with Gasteiger partial charge in [0.05, 0.1) is 13.5 Å². The van der Waals surface area contributed by atoms with Gasteiger partial charge < -0.3 is 15.0 Å². The van der Waals surface area contributed by atoms with Crippen LogP contribution in [0.3, 0.4) is 0 Å². The molecule has 116 valence electrons. The number of nitrogens with one attached hydrogen (secondary N) is 1. The third kappa shape index (κ3) is 4.17. The SMILES string of the molecule is CNCC1CCN(C(=O)Cc2ccc(OC)c(F)c2)CC1. The van der Waals surface area contributed by atoms with Gasteiger partial charge in [-0.1, -0.05) is 6.07 Å². The van der Waals surface area contributed by atoms with E-state index in [0.717, 1.165) is 32.5 Å². The summed E-state index contributed by atoms with van der Waals surface area (Å²) in [5.74, 6) is 0.509. The molecule has 0 spiro atoms. The average molecular weight is 294 g/mol. The second kappa shape index (κ2) is 7.41. The Morgan fingerprint density at radius 1 is 1.43 bits per heavy atom. The highest BCUT2D eigenvalue weighted by Crippen LogP contribution is 2.20. The van der Waals surface area contributed by atoms with Crippen molar-refractivity contribution < 1.29 is 13.9 Å². The van der Waals surface area contributed by atoms with Gasteiger partial charge in [0.15, 0.2) is 11.6 Å². The largest absolute Gasteiger partial charge is 0.494 e. The van der Waals surface area contributed by atoms with Crippen LogP contribution in [0.5, 0.6) is 5.75 Å². The summed E-state index contributed by atoms with van der Waals surface area (Å²) >= 11 is 0. The number of hydrogen-bond acceptors (Lipinski definition) is 3. The minimum Gasteiger partial charge on any atom is -0.494 e. The number of likely N-dealkylation sites (tertiary alicyclic amines) is 1. The number of rotatable bonds is 5. The van der Waals surface area contributed by atoms with E-state index in [1.807, 2.05) is 11.9 Å². The Morgan fingerprint density at radius 3 is 2.71 bits per heavy atom. The summed E-state index contributed by atoms with van der Waals surface area (Å²) in [6, 6.07) is 4.69. The van der Waals surface area contributed by atoms with Crippen molar-refractivity contribution in [1.82, 2.24) is 10.2 Å². The molecule has 21 heavy (non-hydrogen) atoms. The van der Waals surface area contributed by atoms with Crippen LogP contribution in [0.4, 0.5) is 4.39 Å². The van der Waals surface area contributed by atoms with Crippen LogP contribution >= 0.6 is 0 Å². The molecule has 1 fully saturated rings. The molecule has 1 amide bonds. The van der Waals surface area contributed by atoms with Gasteiger partial charge >= 0.3 is 0 Å². The van der Waals surface area contributed by atoms with Gasteiger partial charge in [0.25, 0.3) is 0 Å². The molecule has 1 aliphatic rings. The first kappa shape index (κ1) is 15.8. The molecule has 1 aromatic carbocycles. The predicted molar refractivity (Wildman–Crippen MR) is 79.9 cm³/mol. The molecule has 4 nitrogen and oxygen atoms in total. The highest BCUT2D eigenvalue weighted by atomic mass is 19.1. The fraction of sp³-hybridized carbons (Fsp3) is 0.562. The maximum Gasteiger partial charge on any atom is 0.226 e. The summed E-state index contributed by atoms with van der Waals surface area (Å²) in [4.78, 5) is 14.1. The highest BCUT2D eigenvalue weighted by Gasteiger charge is 2.22. The minimum atomic E-state index is -0.421. The molecule has 0 atom stereocenters. The van der Waals surface area contributed by atoms with Crippen LogP contribution in [-0.4, -0.2) is 44.6 Å². The first-order valence-electron chi connectivity index (χ1n) is 7.38. The molecule has 1 aliphatic heterocycles. The van der Waals surface area contributed by atoms with Gasteiger partial charge in [-0.3, -0.25) is 4.79 Å². The molecule has 5 heteroatoms. The normalized spacial score (nSPS) is 16.0. The molecule has 2 rings (SSSR count). The fourth-order valence-electron chi connectivity index (χ4n) is 2.78. The molecule has 1 aromatic rings. The van der Waals surface area contributed by atoms with E-state index in [9.17, 15) is 9.18 Å². The smallest absolute Gasteiger partial charge is 0.226 e. The Labute approximate surface area is 125 Å². The topological polar surface area (TPSA) is 41.6 Å². The molecular formula is C16H23FN2O2. The van der Waals surface area contributed by atoms with Crippen molar-refractivity contribution in [3.05, 3.63) is 29.6 Å². The summed E-state index contributed by atoms with van der Waals surface area (Å²) in [6.45, 7) is 2.60. The number of carbonyl (C=O) groups excluding carboxylic acids is 1. The Morgan fingerprint density at radius 2 is 2.14 bits per heavy atom. The fourth-order valence-corrected chi connectivity index (χ4v) is 2.78. The molecule has 0 bridgehead atoms. The molecule has 1 heterocycles. The van der Waals surface area contributed by atoms with Crippen LogP contribution in [0.15, 0.2) is 18.2 Å². The summed E-state index contributed by atoms with van der Waals surface area (Å²) < 4.78 is 18.5. The van der Waals surface area contributed by atoms with E-state index in [0.29, 0.717) is 11.5 Å². The van der Waals surface area contributed by atoms with E-state index in [-0.39, 0.29) is 18.1 Å². The first-order chi connectivity index (χ1) is 10.1. The van der Waals surface area contributed by atoms with Crippen molar-refractivity contribution in [2.75, 3.05) is 33.8 Å². The second-order valence-corrected chi connectivity index (χ2v) is 5.53. The standard InChI is InChI=1S/C16H23FN2O2/c1-18-11-12-5-7-19(8-6-12)16(20)10-13-3-4-15(21-2)14(17)9-13/h3-4,9,12,18H,5-8,10-11H2,1-2H3. The number of nitrogens with zero attached hydrogens (tertiary/aromatic N) is 1. The Hall–Kier alpha value is -1.62. The number of amides is 1. The van der Waals surface area contributed by atoms with Gasteiger partial charge in [-0.05, 0) is 50.0 Å². The second-order valence-electron chi connectivity index (χ2n) is 5.53. The van der Waals surface area contributed by atoms with Crippen LogP contribution < -0.4 is 10.1 Å². The van der Waals surface area contributed by atoms with E-state index in [1.165, 1.54) is 13.2 Å². The van der Waals surface area contributed by atoms with Crippen molar-refractivity contribution in [3.8, 4) is 5.75 Å². The maximum absolute atomic E-state index is 13.6. The van der Waals surface area contributed by atoms with Crippen molar-refractivity contribution >= 4 is 5.91 Å². The van der Waals surface area contributed by atoms with E-state index in [2.05, 4.69) is 5.32 Å². The van der Waals surface area contributed by atoms with Gasteiger partial charge in [-0.15, -0.1) is 0 Å². The third-order valence-electron chi connectivity index (χ3n) is 4.03. The van der Waals surface area contributed by atoms with Gasteiger partial charge in [0.2, 0.25) is 5.91 Å². The summed E-state index contributed by atoms with van der Waals surface area (Å²) in [6.07, 6.45) is 2.31. The average Bonchev–Trinajstić information content (AvgIpc) is 2.48. The number of piperidine rings is 1. The quantitative estimate of drug-likeness (QED) is 0.901. The van der Waals surface area contributed by atoms with Gasteiger partial charge in [-0.25, -0.2) is 4.39 Å². The molecule has 1 saturated heterocycles. The number of hydrogen-bond donors (Lipinski definition) is 1. The first-order valence-corrected chi connectivity index (χ1v) is 7.38. The lowest BCUT2D eigenvalue weighted by molar-refractivity contribution is -0.131. The Balaban J connectivity index is 1.89.